The number of hydrogen-bond acceptors (Lipinski definition) is 8. The van der Waals surface area contributed by atoms with E-state index >= 15 is 0 Å². The van der Waals surface area contributed by atoms with Crippen LogP contribution in [0.2, 0.25) is 0 Å². The highest BCUT2D eigenvalue weighted by Crippen LogP contribution is 2.36. The fourth-order valence-electron chi connectivity index (χ4n) is 6.77. The lowest BCUT2D eigenvalue weighted by atomic mass is 10.1. The third kappa shape index (κ3) is 6.17. The number of benzene rings is 3. The summed E-state index contributed by atoms with van der Waals surface area (Å²) < 4.78 is 7.33. The number of nitrogens with two attached hydrogens (primary N) is 1. The van der Waals surface area contributed by atoms with Gasteiger partial charge in [-0.25, -0.2) is 19.7 Å². The zero-order valence-corrected chi connectivity index (χ0v) is 27.6. The number of aldehydes is 1. The third-order valence-electron chi connectivity index (χ3n) is 9.40. The molecule has 2 aliphatic rings. The fourth-order valence-corrected chi connectivity index (χ4v) is 6.77. The first-order chi connectivity index (χ1) is 25.0. The summed E-state index contributed by atoms with van der Waals surface area (Å²) in [5.41, 5.74) is 14.2. The van der Waals surface area contributed by atoms with Gasteiger partial charge < -0.3 is 26.0 Å². The first kappa shape index (κ1) is 31.8. The van der Waals surface area contributed by atoms with Crippen LogP contribution in [-0.2, 0) is 11.2 Å². The van der Waals surface area contributed by atoms with Crippen molar-refractivity contribution in [1.29, 1.82) is 0 Å². The van der Waals surface area contributed by atoms with Crippen molar-refractivity contribution in [2.75, 3.05) is 37.4 Å². The maximum Gasteiger partial charge on any atom is 0.322 e. The Morgan fingerprint density at radius 2 is 1.76 bits per heavy atom. The molecule has 0 saturated carbocycles. The van der Waals surface area contributed by atoms with Crippen LogP contribution in [0.5, 0.6) is 0 Å². The lowest BCUT2D eigenvalue weighted by Gasteiger charge is -2.27. The quantitative estimate of drug-likeness (QED) is 0.178. The SMILES string of the molecule is Nc1ncccc1-c1nc2ccc(-c3ccccc3)nc2n1-c1ccc2c(c1)CC[C@@H]2NC(=O)c1ccc(NC(=O)N2CCOCC2)c(C=O)c1. The molecule has 51 heavy (non-hydrogen) atoms. The van der Waals surface area contributed by atoms with E-state index < -0.39 is 0 Å². The van der Waals surface area contributed by atoms with E-state index in [-0.39, 0.29) is 23.5 Å². The first-order valence-electron chi connectivity index (χ1n) is 16.8. The number of ether oxygens (including phenoxy) is 1. The number of hydrogen-bond donors (Lipinski definition) is 3. The van der Waals surface area contributed by atoms with Crippen LogP contribution < -0.4 is 16.4 Å². The van der Waals surface area contributed by atoms with Gasteiger partial charge in [-0.2, -0.15) is 0 Å². The van der Waals surface area contributed by atoms with Crippen molar-refractivity contribution >= 4 is 40.9 Å². The van der Waals surface area contributed by atoms with Gasteiger partial charge in [-0.1, -0.05) is 36.4 Å². The monoisotopic (exact) mass is 678 g/mol. The molecule has 0 spiro atoms. The highest BCUT2D eigenvalue weighted by atomic mass is 16.5. The van der Waals surface area contributed by atoms with Gasteiger partial charge in [0, 0.05) is 41.7 Å². The number of rotatable bonds is 7. The molecule has 1 fully saturated rings. The van der Waals surface area contributed by atoms with Crippen LogP contribution in [-0.4, -0.2) is 68.9 Å². The molecule has 1 aliphatic heterocycles. The maximum atomic E-state index is 13.5. The summed E-state index contributed by atoms with van der Waals surface area (Å²) in [4.78, 5) is 54.1. The van der Waals surface area contributed by atoms with Crippen molar-refractivity contribution in [3.05, 3.63) is 119 Å². The number of nitrogens with zero attached hydrogens (tertiary/aromatic N) is 5. The minimum absolute atomic E-state index is 0.224. The van der Waals surface area contributed by atoms with Gasteiger partial charge in [0.2, 0.25) is 0 Å². The van der Waals surface area contributed by atoms with E-state index in [1.54, 1.807) is 23.2 Å². The summed E-state index contributed by atoms with van der Waals surface area (Å²) in [6.45, 7) is 1.87. The number of carbonyl (C=O) groups is 3. The topological polar surface area (TPSA) is 157 Å². The molecule has 3 amide bonds. The van der Waals surface area contributed by atoms with Crippen LogP contribution in [0.25, 0.3) is 39.5 Å². The van der Waals surface area contributed by atoms with Gasteiger partial charge in [0.15, 0.2) is 17.8 Å². The standard InChI is InChI=1S/C39H34N8O4/c40-35-30(7-4-16-41-35)36-43-34-15-14-31(24-5-2-1-3-6-24)42-37(34)47(36)28-10-11-29-25(22-28)8-13-33(29)44-38(49)26-9-12-32(27(21-26)23-48)45-39(50)46-17-19-51-20-18-46/h1-7,9-12,14-16,21-23,33H,8,13,17-20H2,(H2,40,41)(H,44,49)(H,45,50)/t33-/m0/s1. The van der Waals surface area contributed by atoms with E-state index in [0.717, 1.165) is 40.0 Å². The smallest absolute Gasteiger partial charge is 0.322 e. The maximum absolute atomic E-state index is 13.5. The van der Waals surface area contributed by atoms with Crippen molar-refractivity contribution in [3.63, 3.8) is 0 Å². The number of anilines is 2. The number of fused-ring (bicyclic) bond motifs is 2. The summed E-state index contributed by atoms with van der Waals surface area (Å²) in [7, 11) is 0. The lowest BCUT2D eigenvalue weighted by molar-refractivity contribution is 0.0564. The third-order valence-corrected chi connectivity index (χ3v) is 9.40. The Morgan fingerprint density at radius 1 is 0.922 bits per heavy atom. The van der Waals surface area contributed by atoms with Gasteiger partial charge >= 0.3 is 6.03 Å². The zero-order chi connectivity index (χ0) is 34.9. The zero-order valence-electron chi connectivity index (χ0n) is 27.6. The van der Waals surface area contributed by atoms with Gasteiger partial charge in [0.05, 0.1) is 36.2 Å². The number of pyridine rings is 2. The number of nitrogens with one attached hydrogen (secondary N) is 2. The van der Waals surface area contributed by atoms with Crippen LogP contribution >= 0.6 is 0 Å². The second kappa shape index (κ2) is 13.5. The molecule has 0 radical (unpaired) electrons. The molecule has 0 bridgehead atoms. The summed E-state index contributed by atoms with van der Waals surface area (Å²) >= 11 is 0. The molecule has 12 nitrogen and oxygen atoms in total. The average molecular weight is 679 g/mol. The molecule has 3 aromatic carbocycles. The summed E-state index contributed by atoms with van der Waals surface area (Å²) in [6.07, 6.45) is 3.76. The Kier molecular flexibility index (Phi) is 8.42. The van der Waals surface area contributed by atoms with Gasteiger partial charge in [0.25, 0.3) is 5.91 Å². The lowest BCUT2D eigenvalue weighted by Crippen LogP contribution is -2.43. The van der Waals surface area contributed by atoms with E-state index in [4.69, 9.17) is 20.4 Å². The number of nitrogen functional groups attached to an aromatic ring is 1. The normalized spacial score (nSPS) is 15.4. The molecule has 6 aromatic rings. The van der Waals surface area contributed by atoms with Gasteiger partial charge in [-0.05, 0) is 78.6 Å². The van der Waals surface area contributed by atoms with Crippen molar-refractivity contribution in [2.24, 2.45) is 0 Å². The molecule has 254 valence electrons. The Morgan fingerprint density at radius 3 is 2.57 bits per heavy atom. The van der Waals surface area contributed by atoms with Crippen molar-refractivity contribution in [3.8, 4) is 28.3 Å². The molecule has 4 heterocycles. The van der Waals surface area contributed by atoms with E-state index in [0.29, 0.717) is 73.1 Å². The Balaban J connectivity index is 1.08. The second-order valence-electron chi connectivity index (χ2n) is 12.5. The summed E-state index contributed by atoms with van der Waals surface area (Å²) in [6, 6.07) is 28.0. The number of aryl methyl sites for hydroxylation is 1. The second-order valence-corrected chi connectivity index (χ2v) is 12.5. The minimum atomic E-state index is -0.312. The van der Waals surface area contributed by atoms with Gasteiger partial charge in [-0.15, -0.1) is 0 Å². The van der Waals surface area contributed by atoms with Crippen LogP contribution in [0.15, 0.2) is 97.2 Å². The van der Waals surface area contributed by atoms with Crippen LogP contribution in [0, 0.1) is 0 Å². The average Bonchev–Trinajstić information content (AvgIpc) is 3.76. The summed E-state index contributed by atoms with van der Waals surface area (Å²) in [5, 5.41) is 5.94. The number of urea groups is 1. The molecule has 3 aromatic heterocycles. The van der Waals surface area contributed by atoms with Crippen LogP contribution in [0.3, 0.4) is 0 Å². The highest BCUT2D eigenvalue weighted by molar-refractivity contribution is 6.00. The van der Waals surface area contributed by atoms with Crippen molar-refractivity contribution in [2.45, 2.75) is 18.9 Å². The molecule has 1 saturated heterocycles. The van der Waals surface area contributed by atoms with Crippen LogP contribution in [0.4, 0.5) is 16.3 Å². The summed E-state index contributed by atoms with van der Waals surface area (Å²) in [5.74, 6) is 0.692. The van der Waals surface area contributed by atoms with E-state index in [1.807, 2.05) is 71.3 Å². The number of imidazole rings is 1. The number of carbonyl (C=O) groups excluding carboxylic acids is 3. The molecule has 4 N–H and O–H groups in total. The van der Waals surface area contributed by atoms with E-state index in [2.05, 4.69) is 21.7 Å². The van der Waals surface area contributed by atoms with Crippen LogP contribution in [0.1, 0.15) is 44.3 Å². The predicted octanol–water partition coefficient (Wildman–Crippen LogP) is 5.83. The Hall–Kier alpha value is -6.40. The molecule has 8 rings (SSSR count). The molecule has 1 atom stereocenters. The predicted molar refractivity (Wildman–Crippen MR) is 194 cm³/mol. The number of morpholine rings is 1. The molecule has 1 aliphatic carbocycles. The number of amides is 3. The fraction of sp³-hybridized carbons (Fsp3) is 0.179. The van der Waals surface area contributed by atoms with Gasteiger partial charge in [-0.3, -0.25) is 14.2 Å². The Labute approximate surface area is 293 Å². The van der Waals surface area contributed by atoms with E-state index in [9.17, 15) is 14.4 Å². The molecular formula is C39H34N8O4. The number of aromatic nitrogens is 4. The Bertz CT molecular complexity index is 2300. The van der Waals surface area contributed by atoms with Crippen molar-refractivity contribution in [1.82, 2.24) is 29.7 Å². The van der Waals surface area contributed by atoms with Gasteiger partial charge in [0.1, 0.15) is 11.3 Å². The molecule has 12 heteroatoms. The van der Waals surface area contributed by atoms with Crippen molar-refractivity contribution < 1.29 is 19.1 Å². The largest absolute Gasteiger partial charge is 0.383 e. The minimum Gasteiger partial charge on any atom is -0.383 e. The molecular weight excluding hydrogens is 644 g/mol. The van der Waals surface area contributed by atoms with E-state index in [1.165, 1.54) is 6.07 Å². The first-order valence-corrected chi connectivity index (χ1v) is 16.8. The highest BCUT2D eigenvalue weighted by Gasteiger charge is 2.27. The molecule has 0 unspecified atom stereocenters.